The smallest absolute Gasteiger partial charge is 0.137 e. The quantitative estimate of drug-likeness (QED) is 0.401. The van der Waals surface area contributed by atoms with Crippen LogP contribution in [-0.4, -0.2) is 74.9 Å². The summed E-state index contributed by atoms with van der Waals surface area (Å²) in [5.74, 6) is 1.55. The van der Waals surface area contributed by atoms with Gasteiger partial charge in [0.05, 0.1) is 26.2 Å². The summed E-state index contributed by atoms with van der Waals surface area (Å²) < 4.78 is 11.6. The van der Waals surface area contributed by atoms with Gasteiger partial charge in [-0.3, -0.25) is 0 Å². The molecule has 6 nitrogen and oxygen atoms in total. The maximum Gasteiger partial charge on any atom is 0.137 e. The van der Waals surface area contributed by atoms with Crippen molar-refractivity contribution in [2.75, 3.05) is 52.5 Å². The van der Waals surface area contributed by atoms with Gasteiger partial charge in [0.2, 0.25) is 0 Å². The molecule has 0 unspecified atom stereocenters. The molecule has 2 atom stereocenters. The van der Waals surface area contributed by atoms with E-state index in [9.17, 15) is 10.2 Å². The molecule has 2 heterocycles. The molecule has 0 aliphatic carbocycles. The topological polar surface area (TPSA) is 67.8 Å². The fraction of sp³-hybridized carbons (Fsp3) is 0.538. The Hall–Kier alpha value is -2.12. The molecule has 4 rings (SSSR count). The number of aliphatic hydroxyl groups is 2. The summed E-state index contributed by atoms with van der Waals surface area (Å²) in [5, 5.41) is 20.4. The van der Waals surface area contributed by atoms with Gasteiger partial charge in [0, 0.05) is 25.7 Å². The summed E-state index contributed by atoms with van der Waals surface area (Å²) in [6.45, 7) is 6.85. The molecule has 2 aliphatic heterocycles. The second-order valence-electron chi connectivity index (χ2n) is 9.30. The van der Waals surface area contributed by atoms with Crippen LogP contribution in [-0.2, 0) is 0 Å². The van der Waals surface area contributed by atoms with E-state index >= 15 is 0 Å². The zero-order chi connectivity index (χ0) is 22.2. The van der Waals surface area contributed by atoms with Crippen molar-refractivity contribution < 1.29 is 29.5 Å². The molecule has 0 aromatic heterocycles. The van der Waals surface area contributed by atoms with E-state index in [-0.39, 0.29) is 0 Å². The molecule has 2 aromatic carbocycles. The van der Waals surface area contributed by atoms with E-state index in [1.54, 1.807) is 0 Å². The molecule has 6 heteroatoms. The lowest BCUT2D eigenvalue weighted by molar-refractivity contribution is -0.890. The largest absolute Gasteiger partial charge is 0.491 e. The van der Waals surface area contributed by atoms with E-state index in [1.165, 1.54) is 35.5 Å². The Balaban J connectivity index is 1.21. The molecule has 32 heavy (non-hydrogen) atoms. The number of ether oxygens (including phenoxy) is 2. The van der Waals surface area contributed by atoms with Gasteiger partial charge < -0.3 is 29.5 Å². The molecular formula is C26H38N2O4+2. The molecule has 0 spiro atoms. The lowest BCUT2D eigenvalue weighted by atomic mass is 10.1. The highest BCUT2D eigenvalue weighted by Crippen LogP contribution is 2.24. The zero-order valence-electron chi connectivity index (χ0n) is 19.0. The van der Waals surface area contributed by atoms with Crippen LogP contribution in [0.15, 0.2) is 48.5 Å². The predicted molar refractivity (Wildman–Crippen MR) is 124 cm³/mol. The van der Waals surface area contributed by atoms with Gasteiger partial charge >= 0.3 is 0 Å². The van der Waals surface area contributed by atoms with Crippen molar-refractivity contribution in [1.29, 1.82) is 0 Å². The van der Waals surface area contributed by atoms with Crippen molar-refractivity contribution in [3.05, 3.63) is 48.5 Å². The minimum atomic E-state index is -0.425. The Kier molecular flexibility index (Phi) is 8.40. The van der Waals surface area contributed by atoms with Crippen molar-refractivity contribution in [3.63, 3.8) is 0 Å². The standard InChI is InChI=1S/C26H36N2O4/c29-23(17-27-13-1-2-14-27)19-31-25-9-5-21(6-10-25)22-7-11-26(12-8-22)32-20-24(30)18-28-15-3-4-16-28/h5-12,23-24,29-30H,1-4,13-20H2/p+2/t23-,24-/m1/s1. The molecule has 2 saturated heterocycles. The Morgan fingerprint density at radius 2 is 0.938 bits per heavy atom. The summed E-state index contributed by atoms with van der Waals surface area (Å²) >= 11 is 0. The van der Waals surface area contributed by atoms with Crippen LogP contribution in [0.1, 0.15) is 25.7 Å². The molecule has 0 radical (unpaired) electrons. The average molecular weight is 443 g/mol. The molecule has 0 amide bonds. The predicted octanol–water partition coefficient (Wildman–Crippen LogP) is 0.190. The van der Waals surface area contributed by atoms with Gasteiger partial charge in [-0.25, -0.2) is 0 Å². The second-order valence-corrected chi connectivity index (χ2v) is 9.30. The van der Waals surface area contributed by atoms with Crippen LogP contribution >= 0.6 is 0 Å². The van der Waals surface area contributed by atoms with Crippen LogP contribution < -0.4 is 19.3 Å². The first kappa shape index (κ1) is 23.1. The zero-order valence-corrected chi connectivity index (χ0v) is 19.0. The van der Waals surface area contributed by atoms with Crippen LogP contribution in [0.2, 0.25) is 0 Å². The molecule has 174 valence electrons. The number of rotatable bonds is 11. The van der Waals surface area contributed by atoms with Crippen LogP contribution in [0.4, 0.5) is 0 Å². The van der Waals surface area contributed by atoms with Crippen molar-refractivity contribution in [2.24, 2.45) is 0 Å². The number of likely N-dealkylation sites (tertiary alicyclic amines) is 2. The van der Waals surface area contributed by atoms with Gasteiger partial charge in [0.1, 0.15) is 50.0 Å². The Bertz CT molecular complexity index is 730. The number of hydrogen-bond acceptors (Lipinski definition) is 4. The first-order valence-electron chi connectivity index (χ1n) is 12.1. The van der Waals surface area contributed by atoms with E-state index in [1.807, 2.05) is 48.5 Å². The van der Waals surface area contributed by atoms with E-state index in [4.69, 9.17) is 9.47 Å². The Morgan fingerprint density at radius 3 is 1.28 bits per heavy atom. The molecule has 0 saturated carbocycles. The van der Waals surface area contributed by atoms with Gasteiger partial charge in [-0.1, -0.05) is 24.3 Å². The number of aliphatic hydroxyl groups excluding tert-OH is 2. The fourth-order valence-electron chi connectivity index (χ4n) is 4.81. The van der Waals surface area contributed by atoms with Crippen molar-refractivity contribution in [2.45, 2.75) is 37.9 Å². The fourth-order valence-corrected chi connectivity index (χ4v) is 4.81. The molecule has 4 N–H and O–H groups in total. The van der Waals surface area contributed by atoms with E-state index < -0.39 is 12.2 Å². The number of quaternary nitrogens is 2. The summed E-state index contributed by atoms with van der Waals surface area (Å²) in [6.07, 6.45) is 4.20. The number of hydrogen-bond donors (Lipinski definition) is 4. The van der Waals surface area contributed by atoms with Gasteiger partial charge in [-0.15, -0.1) is 0 Å². The minimum absolute atomic E-state index is 0.333. The van der Waals surface area contributed by atoms with Gasteiger partial charge in [-0.2, -0.15) is 0 Å². The summed E-state index contributed by atoms with van der Waals surface area (Å²) in [6, 6.07) is 15.9. The Morgan fingerprint density at radius 1 is 0.594 bits per heavy atom. The molecule has 2 fully saturated rings. The first-order valence-corrected chi connectivity index (χ1v) is 12.1. The normalized spacial score (nSPS) is 19.2. The lowest BCUT2D eigenvalue weighted by Gasteiger charge is -2.17. The van der Waals surface area contributed by atoms with Crippen LogP contribution in [0, 0.1) is 0 Å². The lowest BCUT2D eigenvalue weighted by Crippen LogP contribution is -3.11. The SMILES string of the molecule is O[C@@H](COc1ccc(-c2ccc(OC[C@H](O)C[NH+]3CCCC3)cc2)cc1)C[NH+]1CCCC1. The van der Waals surface area contributed by atoms with Crippen LogP contribution in [0.5, 0.6) is 11.5 Å². The average Bonchev–Trinajstić information content (AvgIpc) is 3.52. The third kappa shape index (κ3) is 6.94. The molecule has 0 bridgehead atoms. The van der Waals surface area contributed by atoms with E-state index in [2.05, 4.69) is 0 Å². The van der Waals surface area contributed by atoms with Crippen LogP contribution in [0.3, 0.4) is 0 Å². The number of nitrogens with one attached hydrogen (secondary N) is 2. The van der Waals surface area contributed by atoms with E-state index in [0.29, 0.717) is 13.2 Å². The first-order chi connectivity index (χ1) is 15.7. The van der Waals surface area contributed by atoms with E-state index in [0.717, 1.165) is 61.9 Å². The summed E-state index contributed by atoms with van der Waals surface area (Å²) in [7, 11) is 0. The molecule has 2 aliphatic rings. The molecule has 2 aromatic rings. The molecular weight excluding hydrogens is 404 g/mol. The maximum atomic E-state index is 10.2. The van der Waals surface area contributed by atoms with Gasteiger partial charge in [0.25, 0.3) is 0 Å². The third-order valence-corrected chi connectivity index (χ3v) is 6.60. The highest BCUT2D eigenvalue weighted by atomic mass is 16.5. The third-order valence-electron chi connectivity index (χ3n) is 6.60. The van der Waals surface area contributed by atoms with Crippen molar-refractivity contribution in [3.8, 4) is 22.6 Å². The highest BCUT2D eigenvalue weighted by Gasteiger charge is 2.20. The highest BCUT2D eigenvalue weighted by molar-refractivity contribution is 5.64. The van der Waals surface area contributed by atoms with Crippen molar-refractivity contribution in [1.82, 2.24) is 0 Å². The van der Waals surface area contributed by atoms with Gasteiger partial charge in [0.15, 0.2) is 0 Å². The summed E-state index contributed by atoms with van der Waals surface area (Å²) in [4.78, 5) is 2.96. The van der Waals surface area contributed by atoms with Crippen molar-refractivity contribution >= 4 is 0 Å². The summed E-state index contributed by atoms with van der Waals surface area (Å²) in [5.41, 5.74) is 2.20. The minimum Gasteiger partial charge on any atom is -0.491 e. The monoisotopic (exact) mass is 442 g/mol. The Labute approximate surface area is 191 Å². The maximum absolute atomic E-state index is 10.2. The van der Waals surface area contributed by atoms with Crippen LogP contribution in [0.25, 0.3) is 11.1 Å². The van der Waals surface area contributed by atoms with Gasteiger partial charge in [-0.05, 0) is 35.4 Å². The number of benzene rings is 2. The second kappa shape index (κ2) is 11.7.